The van der Waals surface area contributed by atoms with Crippen molar-refractivity contribution in [3.63, 3.8) is 0 Å². The van der Waals surface area contributed by atoms with Gasteiger partial charge in [-0.1, -0.05) is 6.42 Å². The Kier molecular flexibility index (Phi) is 7.99. The Labute approximate surface area is 127 Å². The highest BCUT2D eigenvalue weighted by Gasteiger charge is 2.19. The molecule has 0 aromatic rings. The fraction of sp³-hybridized carbons (Fsp3) is 0.857. The Balaban J connectivity index is 2.19. The van der Waals surface area contributed by atoms with E-state index in [9.17, 15) is 9.59 Å². The summed E-state index contributed by atoms with van der Waals surface area (Å²) in [5, 5.41) is 5.45. The van der Waals surface area contributed by atoms with Crippen molar-refractivity contribution < 1.29 is 9.59 Å². The third kappa shape index (κ3) is 6.13. The van der Waals surface area contributed by atoms with E-state index in [1.165, 1.54) is 32.7 Å². The van der Waals surface area contributed by atoms with Crippen molar-refractivity contribution in [2.45, 2.75) is 51.6 Å². The minimum Gasteiger partial charge on any atom is -0.354 e. The van der Waals surface area contributed by atoms with Gasteiger partial charge in [0.15, 0.2) is 0 Å². The van der Waals surface area contributed by atoms with Gasteiger partial charge in [-0.25, -0.2) is 0 Å². The Morgan fingerprint density at radius 1 is 1.40 bits per heavy atom. The molecule has 1 aliphatic rings. The maximum Gasteiger partial charge on any atom is 0.243 e. The van der Waals surface area contributed by atoms with E-state index in [2.05, 4.69) is 35.1 Å². The summed E-state index contributed by atoms with van der Waals surface area (Å²) in [6.07, 6.45) is 4.82. The topological polar surface area (TPSA) is 61.4 Å². The van der Waals surface area contributed by atoms with Crippen LogP contribution in [-0.4, -0.2) is 54.2 Å². The fourth-order valence-electron chi connectivity index (χ4n) is 2.55. The normalized spacial score (nSPS) is 21.2. The molecule has 0 spiro atoms. The predicted molar refractivity (Wildman–Crippen MR) is 84.0 cm³/mol. The highest BCUT2D eigenvalue weighted by molar-refractivity contribution is 7.80. The molecular weight excluding hydrogens is 274 g/mol. The average molecular weight is 301 g/mol. The zero-order valence-corrected chi connectivity index (χ0v) is 13.4. The molecule has 2 unspecified atom stereocenters. The number of carbonyl (C=O) groups excluding carboxylic acids is 2. The molecule has 2 atom stereocenters. The lowest BCUT2D eigenvalue weighted by molar-refractivity contribution is -0.127. The first-order valence-corrected chi connectivity index (χ1v) is 8.07. The number of hydrogen-bond donors (Lipinski definition) is 3. The van der Waals surface area contributed by atoms with E-state index in [0.29, 0.717) is 18.3 Å². The Bertz CT molecular complexity index is 326. The van der Waals surface area contributed by atoms with Gasteiger partial charge in [0.25, 0.3) is 0 Å². The summed E-state index contributed by atoms with van der Waals surface area (Å²) in [4.78, 5) is 25.3. The van der Waals surface area contributed by atoms with Crippen molar-refractivity contribution in [3.05, 3.63) is 0 Å². The Morgan fingerprint density at radius 2 is 2.15 bits per heavy atom. The lowest BCUT2D eigenvalue weighted by Crippen LogP contribution is -2.48. The van der Waals surface area contributed by atoms with Crippen LogP contribution in [0.2, 0.25) is 0 Å². The molecule has 0 radical (unpaired) electrons. The van der Waals surface area contributed by atoms with Crippen molar-refractivity contribution in [3.8, 4) is 0 Å². The molecule has 20 heavy (non-hydrogen) atoms. The van der Waals surface area contributed by atoms with Gasteiger partial charge in [0.05, 0.1) is 0 Å². The average Bonchev–Trinajstić information content (AvgIpc) is 2.42. The van der Waals surface area contributed by atoms with Crippen molar-refractivity contribution in [2.75, 3.05) is 25.4 Å². The lowest BCUT2D eigenvalue weighted by Gasteiger charge is -2.33. The van der Waals surface area contributed by atoms with Crippen LogP contribution in [0.1, 0.15) is 39.5 Å². The third-order valence-corrected chi connectivity index (χ3v) is 4.10. The van der Waals surface area contributed by atoms with Gasteiger partial charge in [-0.2, -0.15) is 12.6 Å². The van der Waals surface area contributed by atoms with Crippen LogP contribution in [0.25, 0.3) is 0 Å². The summed E-state index contributed by atoms with van der Waals surface area (Å²) in [6, 6.07) is 0.119. The van der Waals surface area contributed by atoms with E-state index in [0.717, 1.165) is 13.0 Å². The molecule has 0 aromatic carbocycles. The van der Waals surface area contributed by atoms with E-state index in [1.54, 1.807) is 0 Å². The molecule has 0 aliphatic carbocycles. The zero-order chi connectivity index (χ0) is 15.0. The van der Waals surface area contributed by atoms with Crippen molar-refractivity contribution in [2.24, 2.45) is 0 Å². The molecular formula is C14H27N3O2S. The zero-order valence-electron chi connectivity index (χ0n) is 12.5. The first-order valence-electron chi connectivity index (χ1n) is 7.44. The molecule has 116 valence electrons. The maximum atomic E-state index is 11.8. The van der Waals surface area contributed by atoms with Crippen molar-refractivity contribution in [1.82, 2.24) is 15.5 Å². The maximum absolute atomic E-state index is 11.8. The molecule has 6 heteroatoms. The van der Waals surface area contributed by atoms with Crippen LogP contribution in [0, 0.1) is 0 Å². The molecule has 2 N–H and O–H groups in total. The number of hydrogen-bond acceptors (Lipinski definition) is 4. The molecule has 0 bridgehead atoms. The van der Waals surface area contributed by atoms with Gasteiger partial charge < -0.3 is 15.5 Å². The minimum absolute atomic E-state index is 0.151. The van der Waals surface area contributed by atoms with E-state index in [-0.39, 0.29) is 11.8 Å². The number of likely N-dealkylation sites (tertiary alicyclic amines) is 1. The van der Waals surface area contributed by atoms with Gasteiger partial charge >= 0.3 is 0 Å². The molecule has 5 nitrogen and oxygen atoms in total. The second kappa shape index (κ2) is 9.23. The van der Waals surface area contributed by atoms with Crippen molar-refractivity contribution in [1.29, 1.82) is 0 Å². The summed E-state index contributed by atoms with van der Waals surface area (Å²) < 4.78 is 0. The molecule has 1 saturated heterocycles. The van der Waals surface area contributed by atoms with E-state index >= 15 is 0 Å². The molecule has 1 fully saturated rings. The lowest BCUT2D eigenvalue weighted by atomic mass is 10.0. The second-order valence-electron chi connectivity index (χ2n) is 5.46. The van der Waals surface area contributed by atoms with Crippen LogP contribution in [0.15, 0.2) is 0 Å². The summed E-state index contributed by atoms with van der Waals surface area (Å²) in [5.41, 5.74) is 0. The highest BCUT2D eigenvalue weighted by Crippen LogP contribution is 2.15. The SMILES string of the molecule is CC(=O)NC(CS)C(=O)NCCCN1CCCCC1C. The molecule has 1 rings (SSSR count). The van der Waals surface area contributed by atoms with Crippen LogP contribution < -0.4 is 10.6 Å². The predicted octanol–water partition coefficient (Wildman–Crippen LogP) is 0.802. The molecule has 1 heterocycles. The monoisotopic (exact) mass is 301 g/mol. The standard InChI is InChI=1S/C14H27N3O2S/c1-11-6-3-4-8-17(11)9-5-7-15-14(19)13(10-20)16-12(2)18/h11,13,20H,3-10H2,1-2H3,(H,15,19)(H,16,18). The number of piperidine rings is 1. The number of rotatable bonds is 7. The quantitative estimate of drug-likeness (QED) is 0.481. The number of nitrogens with one attached hydrogen (secondary N) is 2. The number of thiol groups is 1. The molecule has 1 aliphatic heterocycles. The first kappa shape index (κ1) is 17.3. The van der Waals surface area contributed by atoms with Gasteiger partial charge in [0.2, 0.25) is 11.8 Å². The summed E-state index contributed by atoms with van der Waals surface area (Å²) in [6.45, 7) is 6.51. The van der Waals surface area contributed by atoms with E-state index in [1.807, 2.05) is 0 Å². The van der Waals surface area contributed by atoms with Gasteiger partial charge in [0, 0.05) is 31.8 Å². The van der Waals surface area contributed by atoms with Crippen molar-refractivity contribution >= 4 is 24.4 Å². The Hall–Kier alpha value is -0.750. The number of carbonyl (C=O) groups is 2. The highest BCUT2D eigenvalue weighted by atomic mass is 32.1. The summed E-state index contributed by atoms with van der Waals surface area (Å²) in [7, 11) is 0. The Morgan fingerprint density at radius 3 is 2.75 bits per heavy atom. The van der Waals surface area contributed by atoms with Crippen LogP contribution in [0.3, 0.4) is 0 Å². The van der Waals surface area contributed by atoms with Gasteiger partial charge in [0.1, 0.15) is 6.04 Å². The molecule has 0 aromatic heterocycles. The van der Waals surface area contributed by atoms with E-state index in [4.69, 9.17) is 0 Å². The summed E-state index contributed by atoms with van der Waals surface area (Å²) >= 11 is 4.09. The van der Waals surface area contributed by atoms with E-state index < -0.39 is 6.04 Å². The fourth-order valence-corrected chi connectivity index (χ4v) is 2.80. The number of amides is 2. The van der Waals surface area contributed by atoms with Crippen LogP contribution in [0.4, 0.5) is 0 Å². The van der Waals surface area contributed by atoms with Gasteiger partial charge in [-0.15, -0.1) is 0 Å². The second-order valence-corrected chi connectivity index (χ2v) is 5.83. The van der Waals surface area contributed by atoms with Gasteiger partial charge in [-0.05, 0) is 32.7 Å². The molecule has 2 amide bonds. The molecule has 0 saturated carbocycles. The van der Waals surface area contributed by atoms with Crippen LogP contribution in [0.5, 0.6) is 0 Å². The van der Waals surface area contributed by atoms with Crippen LogP contribution >= 0.6 is 12.6 Å². The number of nitrogens with zero attached hydrogens (tertiary/aromatic N) is 1. The van der Waals surface area contributed by atoms with Crippen LogP contribution in [-0.2, 0) is 9.59 Å². The smallest absolute Gasteiger partial charge is 0.243 e. The summed E-state index contributed by atoms with van der Waals surface area (Å²) in [5.74, 6) is -0.0441. The largest absolute Gasteiger partial charge is 0.354 e. The minimum atomic E-state index is -0.537. The third-order valence-electron chi connectivity index (χ3n) is 3.74. The van der Waals surface area contributed by atoms with Gasteiger partial charge in [-0.3, -0.25) is 9.59 Å². The first-order chi connectivity index (χ1) is 9.54.